The van der Waals surface area contributed by atoms with Crippen molar-refractivity contribution < 1.29 is 9.53 Å². The monoisotopic (exact) mass is 188 g/mol. The van der Waals surface area contributed by atoms with Gasteiger partial charge in [0, 0.05) is 0 Å². The van der Waals surface area contributed by atoms with Gasteiger partial charge in [-0.05, 0) is 13.8 Å². The van der Waals surface area contributed by atoms with E-state index in [0.29, 0.717) is 11.8 Å². The zero-order chi connectivity index (χ0) is 9.14. The number of aliphatic imine (C=N–C) groups is 1. The number of ether oxygens (including phenoxy) is 1. The molecule has 0 aromatic carbocycles. The van der Waals surface area contributed by atoms with E-state index in [1.807, 2.05) is 6.92 Å². The van der Waals surface area contributed by atoms with Crippen LogP contribution in [0.4, 0.5) is 0 Å². The lowest BCUT2D eigenvalue weighted by Gasteiger charge is -2.10. The van der Waals surface area contributed by atoms with Gasteiger partial charge in [0.15, 0.2) is 5.17 Å². The van der Waals surface area contributed by atoms with E-state index in [4.69, 9.17) is 10.5 Å². The number of carbonyl (C=O) groups excluding carboxylic acids is 1. The van der Waals surface area contributed by atoms with Crippen LogP contribution in [0.5, 0.6) is 0 Å². The van der Waals surface area contributed by atoms with Gasteiger partial charge in [-0.15, -0.1) is 0 Å². The van der Waals surface area contributed by atoms with Gasteiger partial charge in [0.25, 0.3) is 0 Å². The average molecular weight is 188 g/mol. The number of rotatable bonds is 2. The molecule has 0 radical (unpaired) electrons. The van der Waals surface area contributed by atoms with Crippen molar-refractivity contribution in [1.29, 1.82) is 0 Å². The summed E-state index contributed by atoms with van der Waals surface area (Å²) in [6.45, 7) is 4.05. The Kier molecular flexibility index (Phi) is 2.97. The molecule has 0 amide bonds. The van der Waals surface area contributed by atoms with E-state index in [9.17, 15) is 4.79 Å². The predicted molar refractivity (Wildman–Crippen MR) is 49.1 cm³/mol. The van der Waals surface area contributed by atoms with Gasteiger partial charge < -0.3 is 10.5 Å². The van der Waals surface area contributed by atoms with Crippen LogP contribution in [-0.4, -0.2) is 29.0 Å². The Hall–Kier alpha value is -0.710. The molecule has 0 aromatic heterocycles. The SMILES string of the molecule is CCOC(=O)C1SC(N)=NC1C. The van der Waals surface area contributed by atoms with E-state index in [1.54, 1.807) is 6.92 Å². The molecular formula is C7H12N2O2S. The maximum atomic E-state index is 11.2. The lowest BCUT2D eigenvalue weighted by atomic mass is 10.2. The van der Waals surface area contributed by atoms with Gasteiger partial charge in [-0.2, -0.15) is 0 Å². The number of carbonyl (C=O) groups is 1. The molecule has 0 spiro atoms. The van der Waals surface area contributed by atoms with Gasteiger partial charge in [-0.1, -0.05) is 11.8 Å². The molecule has 0 saturated carbocycles. The first-order valence-corrected chi connectivity index (χ1v) is 4.69. The number of nitrogens with two attached hydrogens (primary N) is 1. The van der Waals surface area contributed by atoms with Gasteiger partial charge in [-0.3, -0.25) is 9.79 Å². The van der Waals surface area contributed by atoms with Gasteiger partial charge in [0.1, 0.15) is 5.25 Å². The summed E-state index contributed by atoms with van der Waals surface area (Å²) in [6.07, 6.45) is 0. The van der Waals surface area contributed by atoms with Gasteiger partial charge in [0.2, 0.25) is 0 Å². The summed E-state index contributed by atoms with van der Waals surface area (Å²) in [4.78, 5) is 15.3. The van der Waals surface area contributed by atoms with E-state index in [0.717, 1.165) is 0 Å². The first kappa shape index (κ1) is 9.38. The van der Waals surface area contributed by atoms with Crippen molar-refractivity contribution in [3.8, 4) is 0 Å². The smallest absolute Gasteiger partial charge is 0.321 e. The van der Waals surface area contributed by atoms with Crippen molar-refractivity contribution >= 4 is 22.9 Å². The number of hydrogen-bond donors (Lipinski definition) is 1. The molecule has 5 heteroatoms. The Labute approximate surface area is 75.6 Å². The maximum Gasteiger partial charge on any atom is 0.321 e. The van der Waals surface area contributed by atoms with Crippen molar-refractivity contribution in [3.05, 3.63) is 0 Å². The third-order valence-electron chi connectivity index (χ3n) is 1.54. The van der Waals surface area contributed by atoms with E-state index < -0.39 is 0 Å². The van der Waals surface area contributed by atoms with Crippen LogP contribution in [0.2, 0.25) is 0 Å². The molecule has 2 unspecified atom stereocenters. The topological polar surface area (TPSA) is 64.7 Å². The fourth-order valence-corrected chi connectivity index (χ4v) is 1.91. The number of thioether (sulfide) groups is 1. The minimum absolute atomic E-state index is 0.0611. The summed E-state index contributed by atoms with van der Waals surface area (Å²) in [5.41, 5.74) is 5.45. The van der Waals surface area contributed by atoms with Crippen molar-refractivity contribution in [2.75, 3.05) is 6.61 Å². The van der Waals surface area contributed by atoms with Crippen LogP contribution in [0.3, 0.4) is 0 Å². The van der Waals surface area contributed by atoms with Crippen LogP contribution in [-0.2, 0) is 9.53 Å². The van der Waals surface area contributed by atoms with Crippen molar-refractivity contribution in [2.45, 2.75) is 25.1 Å². The number of amidine groups is 1. The third kappa shape index (κ3) is 1.91. The third-order valence-corrected chi connectivity index (χ3v) is 2.72. The predicted octanol–water partition coefficient (Wildman–Crippen LogP) is 0.368. The average Bonchev–Trinajstić information content (AvgIpc) is 2.30. The minimum atomic E-state index is -0.245. The highest BCUT2D eigenvalue weighted by atomic mass is 32.2. The molecule has 0 aromatic rings. The highest BCUT2D eigenvalue weighted by Gasteiger charge is 2.32. The summed E-state index contributed by atoms with van der Waals surface area (Å²) in [7, 11) is 0. The molecule has 2 atom stereocenters. The van der Waals surface area contributed by atoms with Crippen LogP contribution in [0.25, 0.3) is 0 Å². The Morgan fingerprint density at radius 2 is 2.50 bits per heavy atom. The Balaban J connectivity index is 2.51. The molecule has 2 N–H and O–H groups in total. The minimum Gasteiger partial charge on any atom is -0.465 e. The zero-order valence-electron chi connectivity index (χ0n) is 7.11. The van der Waals surface area contributed by atoms with Crippen LogP contribution in [0.15, 0.2) is 4.99 Å². The van der Waals surface area contributed by atoms with E-state index >= 15 is 0 Å². The van der Waals surface area contributed by atoms with E-state index in [1.165, 1.54) is 11.8 Å². The summed E-state index contributed by atoms with van der Waals surface area (Å²) < 4.78 is 4.86. The lowest BCUT2D eigenvalue weighted by Crippen LogP contribution is -2.27. The molecule has 1 rings (SSSR count). The Morgan fingerprint density at radius 3 is 2.92 bits per heavy atom. The summed E-state index contributed by atoms with van der Waals surface area (Å²) in [5, 5.41) is 0.227. The van der Waals surface area contributed by atoms with Gasteiger partial charge in [-0.25, -0.2) is 0 Å². The van der Waals surface area contributed by atoms with Crippen LogP contribution >= 0.6 is 11.8 Å². The molecule has 1 aliphatic heterocycles. The maximum absolute atomic E-state index is 11.2. The normalized spacial score (nSPS) is 28.3. The van der Waals surface area contributed by atoms with Crippen molar-refractivity contribution in [2.24, 2.45) is 10.7 Å². The number of nitrogens with zero attached hydrogens (tertiary/aromatic N) is 1. The van der Waals surface area contributed by atoms with Crippen molar-refractivity contribution in [1.82, 2.24) is 0 Å². The van der Waals surface area contributed by atoms with Gasteiger partial charge in [0.05, 0.1) is 12.6 Å². The first-order chi connectivity index (χ1) is 5.65. The lowest BCUT2D eigenvalue weighted by molar-refractivity contribution is -0.142. The molecule has 0 bridgehead atoms. The summed E-state index contributed by atoms with van der Waals surface area (Å²) in [6, 6.07) is -0.0611. The Morgan fingerprint density at radius 1 is 1.83 bits per heavy atom. The fraction of sp³-hybridized carbons (Fsp3) is 0.714. The second-order valence-corrected chi connectivity index (χ2v) is 3.66. The van der Waals surface area contributed by atoms with Crippen LogP contribution in [0, 0.1) is 0 Å². The number of esters is 1. The molecule has 68 valence electrons. The summed E-state index contributed by atoms with van der Waals surface area (Å²) in [5.74, 6) is -0.223. The molecule has 0 aliphatic carbocycles. The molecule has 0 fully saturated rings. The standard InChI is InChI=1S/C7H12N2O2S/c1-3-11-6(10)5-4(2)9-7(8)12-5/h4-5H,3H2,1-2H3,(H2,8,9). The van der Waals surface area contributed by atoms with Crippen molar-refractivity contribution in [3.63, 3.8) is 0 Å². The Bertz CT molecular complexity index is 217. The van der Waals surface area contributed by atoms with E-state index in [2.05, 4.69) is 4.99 Å². The van der Waals surface area contributed by atoms with Gasteiger partial charge >= 0.3 is 5.97 Å². The number of hydrogen-bond acceptors (Lipinski definition) is 5. The first-order valence-electron chi connectivity index (χ1n) is 3.81. The molecule has 4 nitrogen and oxygen atoms in total. The summed E-state index contributed by atoms with van der Waals surface area (Å²) >= 11 is 1.27. The van der Waals surface area contributed by atoms with Crippen LogP contribution < -0.4 is 5.73 Å². The van der Waals surface area contributed by atoms with Crippen LogP contribution in [0.1, 0.15) is 13.8 Å². The molecule has 0 saturated heterocycles. The largest absolute Gasteiger partial charge is 0.465 e. The fourth-order valence-electron chi connectivity index (χ4n) is 0.997. The second kappa shape index (κ2) is 3.80. The molecule has 1 aliphatic rings. The molecule has 1 heterocycles. The zero-order valence-corrected chi connectivity index (χ0v) is 7.93. The highest BCUT2D eigenvalue weighted by Crippen LogP contribution is 2.25. The molecular weight excluding hydrogens is 176 g/mol. The van der Waals surface area contributed by atoms with E-state index in [-0.39, 0.29) is 17.3 Å². The molecule has 12 heavy (non-hydrogen) atoms. The highest BCUT2D eigenvalue weighted by molar-refractivity contribution is 8.15. The second-order valence-electron chi connectivity index (χ2n) is 2.50. The quantitative estimate of drug-likeness (QED) is 0.636.